The van der Waals surface area contributed by atoms with Crippen molar-refractivity contribution in [3.05, 3.63) is 96.3 Å². The van der Waals surface area contributed by atoms with Gasteiger partial charge in [-0.3, -0.25) is 24.2 Å². The zero-order chi connectivity index (χ0) is 38.4. The quantitative estimate of drug-likeness (QED) is 0.113. The lowest BCUT2D eigenvalue weighted by molar-refractivity contribution is -0.120. The Kier molecular flexibility index (Phi) is 27.0. The summed E-state index contributed by atoms with van der Waals surface area (Å²) in [5.74, 6) is 0.500. The standard InChI is InChI=1S/C27H46N8O2.C7H8.C4H10.CH3NO/c1-21(31-11-12-34-13-15-35(16-14-34)20-26(30)36)24(9-6-10-28)19-32-22(2)25(33-27(37)18-29)17-23-7-4-3-5-8-23;1-7-5-3-2-4-6-7;1-4(2)3;2-1-3/h3-5,7-8,24-25,31-32H,1-2,6,9-20,28-29H2,(H2,30,36)(H,33,37);2-6H,1H3;4H,1-3H3;1H,(H2,2,3). The molecular weight excluding hydrogens is 642 g/mol. The number of carbonyl (C=O) groups excluding carboxylic acids is 3. The van der Waals surface area contributed by atoms with Crippen molar-refractivity contribution in [3.63, 3.8) is 0 Å². The molecule has 12 nitrogen and oxygen atoms in total. The Labute approximate surface area is 307 Å². The zero-order valence-electron chi connectivity index (χ0n) is 31.6. The fourth-order valence-corrected chi connectivity index (χ4v) is 4.95. The lowest BCUT2D eigenvalue weighted by Crippen LogP contribution is -2.50. The maximum Gasteiger partial charge on any atom is 0.234 e. The Morgan fingerprint density at radius 2 is 1.41 bits per heavy atom. The molecule has 51 heavy (non-hydrogen) atoms. The van der Waals surface area contributed by atoms with E-state index in [1.165, 1.54) is 5.56 Å². The van der Waals surface area contributed by atoms with Gasteiger partial charge < -0.3 is 38.9 Å². The Hall–Kier alpha value is -4.23. The molecule has 1 heterocycles. The average Bonchev–Trinajstić information content (AvgIpc) is 3.09. The smallest absolute Gasteiger partial charge is 0.234 e. The van der Waals surface area contributed by atoms with Crippen LogP contribution in [-0.4, -0.2) is 99.5 Å². The molecule has 0 spiro atoms. The number of carbonyl (C=O) groups is 3. The summed E-state index contributed by atoms with van der Waals surface area (Å²) in [4.78, 5) is 36.2. The van der Waals surface area contributed by atoms with Gasteiger partial charge in [-0.2, -0.15) is 0 Å². The molecule has 11 N–H and O–H groups in total. The molecule has 12 heteroatoms. The van der Waals surface area contributed by atoms with Crippen LogP contribution in [0.4, 0.5) is 0 Å². The van der Waals surface area contributed by atoms with Crippen molar-refractivity contribution in [2.75, 3.05) is 65.4 Å². The Morgan fingerprint density at radius 1 is 0.882 bits per heavy atom. The van der Waals surface area contributed by atoms with Gasteiger partial charge in [0.2, 0.25) is 18.2 Å². The van der Waals surface area contributed by atoms with Crippen molar-refractivity contribution >= 4 is 18.2 Å². The molecule has 1 fully saturated rings. The Bertz CT molecular complexity index is 1220. The summed E-state index contributed by atoms with van der Waals surface area (Å²) < 4.78 is 0. The van der Waals surface area contributed by atoms with E-state index < -0.39 is 0 Å². The number of rotatable bonds is 18. The van der Waals surface area contributed by atoms with Gasteiger partial charge in [0.25, 0.3) is 0 Å². The SMILES string of the molecule is C=C(NCCN1CCN(CC(N)=O)CC1)C(CCCN)CNC(=C)C(Cc1ccccc1)NC(=O)CN.CC(C)C.Cc1ccccc1.NC=O. The lowest BCUT2D eigenvalue weighted by Gasteiger charge is -2.34. The van der Waals surface area contributed by atoms with E-state index in [-0.39, 0.29) is 36.7 Å². The molecule has 2 unspecified atom stereocenters. The van der Waals surface area contributed by atoms with Crippen LogP contribution in [0.15, 0.2) is 85.2 Å². The molecule has 3 rings (SSSR count). The average molecular weight is 710 g/mol. The summed E-state index contributed by atoms with van der Waals surface area (Å²) in [6, 6.07) is 20.0. The van der Waals surface area contributed by atoms with Gasteiger partial charge in [0.15, 0.2) is 0 Å². The first-order chi connectivity index (χ1) is 24.4. The van der Waals surface area contributed by atoms with E-state index in [4.69, 9.17) is 22.0 Å². The first-order valence-corrected chi connectivity index (χ1v) is 17.8. The van der Waals surface area contributed by atoms with Gasteiger partial charge in [-0.15, -0.1) is 0 Å². The lowest BCUT2D eigenvalue weighted by atomic mass is 9.98. The normalized spacial score (nSPS) is 13.7. The van der Waals surface area contributed by atoms with Crippen LogP contribution in [0.2, 0.25) is 0 Å². The van der Waals surface area contributed by atoms with Crippen LogP contribution in [0, 0.1) is 18.8 Å². The minimum atomic E-state index is -0.278. The molecule has 1 aliphatic rings. The van der Waals surface area contributed by atoms with E-state index in [9.17, 15) is 9.59 Å². The number of primary amides is 2. The maximum absolute atomic E-state index is 12.0. The number of hydrogen-bond donors (Lipinski definition) is 7. The van der Waals surface area contributed by atoms with Crippen LogP contribution in [0.1, 0.15) is 44.7 Å². The largest absolute Gasteiger partial charge is 0.387 e. The number of piperazine rings is 1. The molecule has 1 saturated heterocycles. The molecule has 1 aliphatic heterocycles. The van der Waals surface area contributed by atoms with E-state index in [1.807, 2.05) is 48.5 Å². The van der Waals surface area contributed by atoms with E-state index in [2.05, 4.69) is 84.5 Å². The first-order valence-electron chi connectivity index (χ1n) is 17.8. The molecule has 0 saturated carbocycles. The molecule has 0 aromatic heterocycles. The predicted octanol–water partition coefficient (Wildman–Crippen LogP) is 2.10. The third kappa shape index (κ3) is 25.4. The molecular formula is C39H67N9O3. The number of nitrogens with one attached hydrogen (secondary N) is 3. The summed E-state index contributed by atoms with van der Waals surface area (Å²) in [5.41, 5.74) is 24.9. The van der Waals surface area contributed by atoms with Gasteiger partial charge in [-0.05, 0) is 44.2 Å². The van der Waals surface area contributed by atoms with E-state index in [0.29, 0.717) is 26.1 Å². The minimum absolute atomic E-state index is 0.0708. The summed E-state index contributed by atoms with van der Waals surface area (Å²) in [7, 11) is 0. The number of hydrogen-bond acceptors (Lipinski definition) is 9. The molecule has 3 amide bonds. The fourth-order valence-electron chi connectivity index (χ4n) is 4.95. The van der Waals surface area contributed by atoms with E-state index in [1.54, 1.807) is 0 Å². The number of amides is 3. The van der Waals surface area contributed by atoms with Gasteiger partial charge in [-0.25, -0.2) is 0 Å². The van der Waals surface area contributed by atoms with E-state index >= 15 is 0 Å². The van der Waals surface area contributed by atoms with Crippen molar-refractivity contribution < 1.29 is 14.4 Å². The summed E-state index contributed by atoms with van der Waals surface area (Å²) >= 11 is 0. The molecule has 0 radical (unpaired) electrons. The van der Waals surface area contributed by atoms with Crippen molar-refractivity contribution in [1.82, 2.24) is 25.8 Å². The molecule has 0 aliphatic carbocycles. The fraction of sp³-hybridized carbons (Fsp3) is 0.513. The van der Waals surface area contributed by atoms with Crippen LogP contribution < -0.4 is 38.9 Å². The van der Waals surface area contributed by atoms with E-state index in [0.717, 1.165) is 75.0 Å². The van der Waals surface area contributed by atoms with Crippen LogP contribution in [0.3, 0.4) is 0 Å². The molecule has 2 aromatic carbocycles. The predicted molar refractivity (Wildman–Crippen MR) is 211 cm³/mol. The summed E-state index contributed by atoms with van der Waals surface area (Å²) in [6.07, 6.45) is 2.66. The summed E-state index contributed by atoms with van der Waals surface area (Å²) in [5, 5.41) is 9.91. The molecule has 0 bridgehead atoms. The second kappa shape index (κ2) is 29.5. The van der Waals surface area contributed by atoms with Gasteiger partial charge in [0.1, 0.15) is 0 Å². The van der Waals surface area contributed by atoms with Crippen molar-refractivity contribution in [3.8, 4) is 0 Å². The van der Waals surface area contributed by atoms with Gasteiger partial charge in [-0.1, -0.05) is 100 Å². The number of aryl methyl sites for hydroxylation is 1. The third-order valence-electron chi connectivity index (χ3n) is 7.61. The van der Waals surface area contributed by atoms with Crippen molar-refractivity contribution in [2.24, 2.45) is 34.8 Å². The third-order valence-corrected chi connectivity index (χ3v) is 7.61. The Balaban J connectivity index is 0.00000149. The second-order valence-corrected chi connectivity index (χ2v) is 13.1. The van der Waals surface area contributed by atoms with Crippen LogP contribution in [0.25, 0.3) is 0 Å². The number of benzene rings is 2. The van der Waals surface area contributed by atoms with Crippen LogP contribution >= 0.6 is 0 Å². The first kappa shape index (κ1) is 46.8. The minimum Gasteiger partial charge on any atom is -0.387 e. The highest BCUT2D eigenvalue weighted by Gasteiger charge is 2.20. The highest BCUT2D eigenvalue weighted by molar-refractivity contribution is 5.78. The highest BCUT2D eigenvalue weighted by atomic mass is 16.2. The summed E-state index contributed by atoms with van der Waals surface area (Å²) in [6.45, 7) is 23.8. The molecule has 2 aromatic rings. The topological polar surface area (TPSA) is 198 Å². The van der Waals surface area contributed by atoms with Gasteiger partial charge in [0, 0.05) is 63.1 Å². The Morgan fingerprint density at radius 3 is 1.88 bits per heavy atom. The highest BCUT2D eigenvalue weighted by Crippen LogP contribution is 2.15. The van der Waals surface area contributed by atoms with Crippen molar-refractivity contribution in [1.29, 1.82) is 0 Å². The number of nitrogens with two attached hydrogens (primary N) is 4. The number of nitrogens with zero attached hydrogens (tertiary/aromatic N) is 2. The van der Waals surface area contributed by atoms with Gasteiger partial charge >= 0.3 is 0 Å². The second-order valence-electron chi connectivity index (χ2n) is 13.1. The monoisotopic (exact) mass is 710 g/mol. The molecule has 2 atom stereocenters. The van der Waals surface area contributed by atoms with Crippen LogP contribution in [0.5, 0.6) is 0 Å². The van der Waals surface area contributed by atoms with Crippen molar-refractivity contribution in [2.45, 2.75) is 53.0 Å². The van der Waals surface area contributed by atoms with Gasteiger partial charge in [0.05, 0.1) is 19.1 Å². The molecule has 286 valence electrons. The zero-order valence-corrected chi connectivity index (χ0v) is 31.6. The van der Waals surface area contributed by atoms with Crippen LogP contribution in [-0.2, 0) is 20.8 Å². The maximum atomic E-state index is 12.0.